The van der Waals surface area contributed by atoms with E-state index in [1.54, 1.807) is 31.4 Å². The second-order valence-electron chi connectivity index (χ2n) is 7.97. The molecule has 5 nitrogen and oxygen atoms in total. The van der Waals surface area contributed by atoms with Crippen LogP contribution in [0.3, 0.4) is 0 Å². The first-order valence-electron chi connectivity index (χ1n) is 10.4. The summed E-state index contributed by atoms with van der Waals surface area (Å²) in [5.74, 6) is 0.577. The molecule has 0 spiro atoms. The molecular formula is C26H26N2O3. The Hall–Kier alpha value is -3.60. The Kier molecular flexibility index (Phi) is 5.76. The van der Waals surface area contributed by atoms with Gasteiger partial charge in [-0.1, -0.05) is 29.8 Å². The van der Waals surface area contributed by atoms with Crippen molar-refractivity contribution in [3.8, 4) is 5.75 Å². The molecule has 3 aromatic carbocycles. The summed E-state index contributed by atoms with van der Waals surface area (Å²) in [5, 5.41) is 2.97. The molecule has 31 heavy (non-hydrogen) atoms. The van der Waals surface area contributed by atoms with Gasteiger partial charge in [-0.3, -0.25) is 9.59 Å². The van der Waals surface area contributed by atoms with E-state index in [0.717, 1.165) is 34.5 Å². The maximum Gasteiger partial charge on any atom is 0.258 e. The van der Waals surface area contributed by atoms with Crippen LogP contribution in [-0.4, -0.2) is 25.0 Å². The summed E-state index contributed by atoms with van der Waals surface area (Å²) in [6.45, 7) is 4.45. The number of nitrogens with one attached hydrogen (secondary N) is 1. The minimum Gasteiger partial charge on any atom is -0.497 e. The second kappa shape index (κ2) is 8.64. The molecule has 1 aliphatic rings. The van der Waals surface area contributed by atoms with E-state index in [-0.39, 0.29) is 17.9 Å². The molecule has 1 aliphatic heterocycles. The van der Waals surface area contributed by atoms with Gasteiger partial charge < -0.3 is 15.0 Å². The lowest BCUT2D eigenvalue weighted by Gasteiger charge is -2.23. The molecule has 0 aliphatic carbocycles. The third-order valence-electron chi connectivity index (χ3n) is 5.69. The van der Waals surface area contributed by atoms with Gasteiger partial charge >= 0.3 is 0 Å². The van der Waals surface area contributed by atoms with Crippen molar-refractivity contribution in [1.29, 1.82) is 0 Å². The number of carbonyl (C=O) groups excluding carboxylic acids is 2. The number of ether oxygens (including phenoxy) is 1. The van der Waals surface area contributed by atoms with Crippen molar-refractivity contribution in [1.82, 2.24) is 5.32 Å². The highest BCUT2D eigenvalue weighted by molar-refractivity contribution is 6.07. The number of hydrogen-bond donors (Lipinski definition) is 1. The zero-order valence-corrected chi connectivity index (χ0v) is 18.0. The predicted molar refractivity (Wildman–Crippen MR) is 122 cm³/mol. The molecule has 4 rings (SSSR count). The van der Waals surface area contributed by atoms with Crippen LogP contribution in [0, 0.1) is 6.92 Å². The molecule has 0 saturated carbocycles. The normalized spacial score (nSPS) is 14.8. The smallest absolute Gasteiger partial charge is 0.258 e. The van der Waals surface area contributed by atoms with Gasteiger partial charge in [-0.15, -0.1) is 0 Å². The SMILES string of the molecule is COc1ccc(C(=O)N2c3cc(CNC(=O)c4ccc(C)cc4)ccc3C[C@@H]2C)cc1. The topological polar surface area (TPSA) is 58.6 Å². The Labute approximate surface area is 182 Å². The average molecular weight is 415 g/mol. The van der Waals surface area contributed by atoms with Gasteiger partial charge in [0.1, 0.15) is 5.75 Å². The molecule has 0 radical (unpaired) electrons. The first kappa shape index (κ1) is 20.7. The highest BCUT2D eigenvalue weighted by Crippen LogP contribution is 2.34. The fraction of sp³-hybridized carbons (Fsp3) is 0.231. The number of methoxy groups -OCH3 is 1. The summed E-state index contributed by atoms with van der Waals surface area (Å²) < 4.78 is 5.19. The van der Waals surface area contributed by atoms with Gasteiger partial charge in [0.15, 0.2) is 0 Å². The van der Waals surface area contributed by atoms with E-state index in [1.165, 1.54) is 0 Å². The first-order chi connectivity index (χ1) is 15.0. The molecule has 3 aromatic rings. The molecule has 0 unspecified atom stereocenters. The van der Waals surface area contributed by atoms with Gasteiger partial charge in [0.2, 0.25) is 0 Å². The summed E-state index contributed by atoms with van der Waals surface area (Å²) in [6.07, 6.45) is 0.813. The van der Waals surface area contributed by atoms with Crippen molar-refractivity contribution in [2.24, 2.45) is 0 Å². The van der Waals surface area contributed by atoms with Crippen LogP contribution in [0.4, 0.5) is 5.69 Å². The minimum atomic E-state index is -0.111. The zero-order valence-electron chi connectivity index (χ0n) is 18.0. The van der Waals surface area contributed by atoms with Crippen LogP contribution in [0.2, 0.25) is 0 Å². The number of hydrogen-bond acceptors (Lipinski definition) is 3. The number of anilines is 1. The number of rotatable bonds is 5. The number of benzene rings is 3. The largest absolute Gasteiger partial charge is 0.497 e. The Bertz CT molecular complexity index is 1100. The van der Waals surface area contributed by atoms with E-state index in [2.05, 4.69) is 18.3 Å². The Morgan fingerprint density at radius 1 is 1.00 bits per heavy atom. The first-order valence-corrected chi connectivity index (χ1v) is 10.4. The molecule has 0 fully saturated rings. The van der Waals surface area contributed by atoms with Crippen LogP contribution < -0.4 is 15.0 Å². The minimum absolute atomic E-state index is 0.0326. The lowest BCUT2D eigenvalue weighted by Crippen LogP contribution is -2.35. The van der Waals surface area contributed by atoms with Crippen LogP contribution in [0.5, 0.6) is 5.75 Å². The lowest BCUT2D eigenvalue weighted by molar-refractivity contribution is 0.0948. The number of nitrogens with zero attached hydrogens (tertiary/aromatic N) is 1. The van der Waals surface area contributed by atoms with E-state index in [0.29, 0.717) is 17.7 Å². The average Bonchev–Trinajstić information content (AvgIpc) is 3.12. The standard InChI is InChI=1S/C26H26N2O3/c1-17-4-7-20(8-5-17)25(29)27-16-19-6-9-22-14-18(2)28(24(22)15-19)26(30)21-10-12-23(31-3)13-11-21/h4-13,15,18H,14,16H2,1-3H3,(H,27,29)/t18-/m0/s1. The van der Waals surface area contributed by atoms with Crippen LogP contribution in [-0.2, 0) is 13.0 Å². The predicted octanol–water partition coefficient (Wildman–Crippen LogP) is 4.53. The molecule has 1 N–H and O–H groups in total. The number of fused-ring (bicyclic) bond motifs is 1. The van der Waals surface area contributed by atoms with E-state index in [9.17, 15) is 9.59 Å². The highest BCUT2D eigenvalue weighted by atomic mass is 16.5. The highest BCUT2D eigenvalue weighted by Gasteiger charge is 2.31. The second-order valence-corrected chi connectivity index (χ2v) is 7.97. The number of aryl methyl sites for hydroxylation is 1. The molecule has 2 amide bonds. The molecular weight excluding hydrogens is 388 g/mol. The molecule has 158 valence electrons. The van der Waals surface area contributed by atoms with Crippen molar-refractivity contribution in [2.75, 3.05) is 12.0 Å². The quantitative estimate of drug-likeness (QED) is 0.668. The van der Waals surface area contributed by atoms with Crippen LogP contribution in [0.25, 0.3) is 0 Å². The maximum absolute atomic E-state index is 13.2. The molecule has 0 bridgehead atoms. The Morgan fingerprint density at radius 3 is 2.35 bits per heavy atom. The van der Waals surface area contributed by atoms with Crippen molar-refractivity contribution in [2.45, 2.75) is 32.9 Å². The van der Waals surface area contributed by atoms with Crippen molar-refractivity contribution < 1.29 is 14.3 Å². The molecule has 0 aromatic heterocycles. The summed E-state index contributed by atoms with van der Waals surface area (Å²) in [6, 6.07) is 20.8. The molecule has 0 saturated heterocycles. The summed E-state index contributed by atoms with van der Waals surface area (Å²) in [7, 11) is 1.61. The molecule has 5 heteroatoms. The van der Waals surface area contributed by atoms with E-state index in [1.807, 2.05) is 48.2 Å². The van der Waals surface area contributed by atoms with Gasteiger partial charge in [0.25, 0.3) is 11.8 Å². The number of amides is 2. The van der Waals surface area contributed by atoms with E-state index in [4.69, 9.17) is 4.74 Å². The van der Waals surface area contributed by atoms with Crippen LogP contribution in [0.1, 0.15) is 44.3 Å². The van der Waals surface area contributed by atoms with Crippen LogP contribution in [0.15, 0.2) is 66.7 Å². The summed E-state index contributed by atoms with van der Waals surface area (Å²) >= 11 is 0. The third-order valence-corrected chi connectivity index (χ3v) is 5.69. The van der Waals surface area contributed by atoms with Gasteiger partial charge in [-0.2, -0.15) is 0 Å². The van der Waals surface area contributed by atoms with Crippen molar-refractivity contribution in [3.63, 3.8) is 0 Å². The van der Waals surface area contributed by atoms with E-state index < -0.39 is 0 Å². The number of carbonyl (C=O) groups is 2. The fourth-order valence-corrected chi connectivity index (χ4v) is 3.93. The maximum atomic E-state index is 13.2. The third kappa shape index (κ3) is 4.31. The van der Waals surface area contributed by atoms with Gasteiger partial charge in [-0.05, 0) is 73.9 Å². The van der Waals surface area contributed by atoms with Gasteiger partial charge in [-0.25, -0.2) is 0 Å². The van der Waals surface area contributed by atoms with Crippen molar-refractivity contribution >= 4 is 17.5 Å². The zero-order chi connectivity index (χ0) is 22.0. The Morgan fingerprint density at radius 2 is 1.68 bits per heavy atom. The lowest BCUT2D eigenvalue weighted by atomic mass is 10.1. The monoisotopic (exact) mass is 414 g/mol. The van der Waals surface area contributed by atoms with Gasteiger partial charge in [0.05, 0.1) is 7.11 Å². The molecule has 1 atom stereocenters. The summed E-state index contributed by atoms with van der Waals surface area (Å²) in [4.78, 5) is 27.5. The fourth-order valence-electron chi connectivity index (χ4n) is 3.93. The van der Waals surface area contributed by atoms with Crippen molar-refractivity contribution in [3.05, 3.63) is 94.5 Å². The van der Waals surface area contributed by atoms with Gasteiger partial charge in [0, 0.05) is 29.4 Å². The Balaban J connectivity index is 1.51. The summed E-state index contributed by atoms with van der Waals surface area (Å²) in [5.41, 5.74) is 5.39. The van der Waals surface area contributed by atoms with E-state index >= 15 is 0 Å². The molecule has 1 heterocycles. The van der Waals surface area contributed by atoms with Crippen LogP contribution >= 0.6 is 0 Å².